The fourth-order valence-corrected chi connectivity index (χ4v) is 1.91. The lowest BCUT2D eigenvalue weighted by Crippen LogP contribution is -2.30. The number of benzene rings is 1. The van der Waals surface area contributed by atoms with Crippen molar-refractivity contribution in [1.82, 2.24) is 10.6 Å². The van der Waals surface area contributed by atoms with E-state index in [2.05, 4.69) is 25.1 Å². The van der Waals surface area contributed by atoms with Crippen molar-refractivity contribution < 1.29 is 14.1 Å². The Bertz CT molecular complexity index is 635. The van der Waals surface area contributed by atoms with Gasteiger partial charge in [-0.05, 0) is 36.1 Å². The van der Waals surface area contributed by atoms with Crippen LogP contribution in [0.3, 0.4) is 0 Å². The molecular formula is C15H19N3O3. The second-order valence-electron chi connectivity index (χ2n) is 5.17. The maximum Gasteiger partial charge on any atom is 0.287 e. The van der Waals surface area contributed by atoms with Gasteiger partial charge in [0.1, 0.15) is 12.4 Å². The van der Waals surface area contributed by atoms with Gasteiger partial charge in [-0.2, -0.15) is 0 Å². The number of carbonyl (C=O) groups excluding carboxylic acids is 1. The van der Waals surface area contributed by atoms with Crippen molar-refractivity contribution in [3.05, 3.63) is 46.8 Å². The highest BCUT2D eigenvalue weighted by molar-refractivity contribution is 5.91. The minimum Gasteiger partial charge on any atom is -0.486 e. The molecular weight excluding hydrogens is 270 g/mol. The van der Waals surface area contributed by atoms with E-state index in [4.69, 9.17) is 15.1 Å². The molecule has 0 saturated carbocycles. The van der Waals surface area contributed by atoms with Gasteiger partial charge in [-0.1, -0.05) is 25.1 Å². The Hall–Kier alpha value is -2.34. The summed E-state index contributed by atoms with van der Waals surface area (Å²) in [5.41, 5.74) is 4.47. The quantitative estimate of drug-likeness (QED) is 0.500. The topological polar surface area (TPSA) is 90.4 Å². The molecule has 112 valence electrons. The molecule has 0 atom stereocenters. The Balaban J connectivity index is 2.06. The van der Waals surface area contributed by atoms with E-state index in [1.807, 2.05) is 24.5 Å². The molecule has 0 fully saturated rings. The molecule has 0 aliphatic carbocycles. The van der Waals surface area contributed by atoms with Crippen LogP contribution in [0.15, 0.2) is 28.8 Å². The number of aryl methyl sites for hydroxylation is 1. The van der Waals surface area contributed by atoms with E-state index in [-0.39, 0.29) is 12.3 Å². The predicted molar refractivity (Wildman–Crippen MR) is 77.8 cm³/mol. The number of carbonyl (C=O) groups is 1. The van der Waals surface area contributed by atoms with Crippen LogP contribution in [0.2, 0.25) is 0 Å². The van der Waals surface area contributed by atoms with E-state index in [1.165, 1.54) is 11.6 Å². The van der Waals surface area contributed by atoms with E-state index in [9.17, 15) is 4.79 Å². The molecule has 1 heterocycles. The van der Waals surface area contributed by atoms with Crippen LogP contribution in [0.25, 0.3) is 0 Å². The Morgan fingerprint density at radius 3 is 2.81 bits per heavy atom. The Morgan fingerprint density at radius 2 is 2.14 bits per heavy atom. The largest absolute Gasteiger partial charge is 0.486 e. The highest BCUT2D eigenvalue weighted by Crippen LogP contribution is 2.23. The van der Waals surface area contributed by atoms with Crippen LogP contribution < -0.4 is 16.0 Å². The standard InChI is InChI=1S/C15H19N3O3/c1-9(2)11-4-10(3)5-12(6-11)20-8-13-7-14(18-21-13)15(19)17-16/h4-7,9H,8,16H2,1-3H3,(H,17,19). The molecule has 0 aliphatic rings. The number of rotatable bonds is 5. The highest BCUT2D eigenvalue weighted by Gasteiger charge is 2.12. The van der Waals surface area contributed by atoms with Crippen LogP contribution in [0.4, 0.5) is 0 Å². The number of nitrogen functional groups attached to an aromatic ring is 1. The summed E-state index contributed by atoms with van der Waals surface area (Å²) in [5.74, 6) is 6.18. The maximum atomic E-state index is 11.3. The molecule has 0 saturated heterocycles. The SMILES string of the molecule is Cc1cc(OCc2cc(C(=O)NN)no2)cc(C(C)C)c1. The van der Waals surface area contributed by atoms with Crippen molar-refractivity contribution in [1.29, 1.82) is 0 Å². The average Bonchev–Trinajstić information content (AvgIpc) is 2.92. The number of hydrogen-bond donors (Lipinski definition) is 2. The molecule has 1 amide bonds. The normalized spacial score (nSPS) is 10.7. The molecule has 0 radical (unpaired) electrons. The van der Waals surface area contributed by atoms with E-state index in [0.717, 1.165) is 11.3 Å². The van der Waals surface area contributed by atoms with Gasteiger partial charge in [-0.15, -0.1) is 0 Å². The zero-order valence-corrected chi connectivity index (χ0v) is 12.3. The monoisotopic (exact) mass is 289 g/mol. The Morgan fingerprint density at radius 1 is 1.38 bits per heavy atom. The molecule has 3 N–H and O–H groups in total. The Labute approximate surface area is 123 Å². The maximum absolute atomic E-state index is 11.3. The minimum absolute atomic E-state index is 0.128. The number of ether oxygens (including phenoxy) is 1. The fourth-order valence-electron chi connectivity index (χ4n) is 1.91. The van der Waals surface area contributed by atoms with Gasteiger partial charge in [0.2, 0.25) is 0 Å². The predicted octanol–water partition coefficient (Wildman–Crippen LogP) is 2.29. The molecule has 1 aromatic heterocycles. The Kier molecular flexibility index (Phi) is 4.59. The first-order chi connectivity index (χ1) is 9.99. The molecule has 2 aromatic rings. The molecule has 0 bridgehead atoms. The van der Waals surface area contributed by atoms with Crippen molar-refractivity contribution in [3.63, 3.8) is 0 Å². The van der Waals surface area contributed by atoms with Gasteiger partial charge >= 0.3 is 0 Å². The van der Waals surface area contributed by atoms with Gasteiger partial charge in [0, 0.05) is 6.07 Å². The number of hydrazine groups is 1. The molecule has 21 heavy (non-hydrogen) atoms. The lowest BCUT2D eigenvalue weighted by atomic mass is 10.0. The summed E-state index contributed by atoms with van der Waals surface area (Å²) >= 11 is 0. The van der Waals surface area contributed by atoms with Crippen molar-refractivity contribution >= 4 is 5.91 Å². The molecule has 1 aromatic carbocycles. The lowest BCUT2D eigenvalue weighted by Gasteiger charge is -2.10. The summed E-state index contributed by atoms with van der Waals surface area (Å²) in [7, 11) is 0. The highest BCUT2D eigenvalue weighted by atomic mass is 16.5. The zero-order chi connectivity index (χ0) is 15.4. The van der Waals surface area contributed by atoms with Gasteiger partial charge in [0.05, 0.1) is 0 Å². The third kappa shape index (κ3) is 3.82. The first-order valence-electron chi connectivity index (χ1n) is 6.70. The minimum atomic E-state index is -0.498. The van der Waals surface area contributed by atoms with Gasteiger partial charge in [-0.3, -0.25) is 10.2 Å². The van der Waals surface area contributed by atoms with Crippen molar-refractivity contribution in [2.24, 2.45) is 5.84 Å². The lowest BCUT2D eigenvalue weighted by molar-refractivity contribution is 0.0944. The van der Waals surface area contributed by atoms with Crippen molar-refractivity contribution in [3.8, 4) is 5.75 Å². The smallest absolute Gasteiger partial charge is 0.287 e. The van der Waals surface area contributed by atoms with Crippen LogP contribution in [0.1, 0.15) is 47.1 Å². The van der Waals surface area contributed by atoms with Gasteiger partial charge in [0.15, 0.2) is 11.5 Å². The van der Waals surface area contributed by atoms with Crippen LogP contribution >= 0.6 is 0 Å². The molecule has 0 aliphatic heterocycles. The van der Waals surface area contributed by atoms with E-state index < -0.39 is 5.91 Å². The first kappa shape index (κ1) is 15.1. The third-order valence-electron chi connectivity index (χ3n) is 3.04. The summed E-state index contributed by atoms with van der Waals surface area (Å²) < 4.78 is 10.7. The van der Waals surface area contributed by atoms with Crippen LogP contribution in [-0.4, -0.2) is 11.1 Å². The summed E-state index contributed by atoms with van der Waals surface area (Å²) in [5, 5.41) is 3.62. The molecule has 6 heteroatoms. The summed E-state index contributed by atoms with van der Waals surface area (Å²) in [6.45, 7) is 6.49. The van der Waals surface area contributed by atoms with Crippen LogP contribution in [0, 0.1) is 6.92 Å². The van der Waals surface area contributed by atoms with E-state index in [0.29, 0.717) is 11.7 Å². The van der Waals surface area contributed by atoms with Gasteiger partial charge in [-0.25, -0.2) is 5.84 Å². The summed E-state index contributed by atoms with van der Waals surface area (Å²) in [6.07, 6.45) is 0. The molecule has 0 unspecified atom stereocenters. The average molecular weight is 289 g/mol. The number of hydrogen-bond acceptors (Lipinski definition) is 5. The molecule has 6 nitrogen and oxygen atoms in total. The number of nitrogens with two attached hydrogens (primary N) is 1. The van der Waals surface area contributed by atoms with Crippen molar-refractivity contribution in [2.45, 2.75) is 33.3 Å². The van der Waals surface area contributed by atoms with Crippen LogP contribution in [0.5, 0.6) is 5.75 Å². The van der Waals surface area contributed by atoms with Crippen molar-refractivity contribution in [2.75, 3.05) is 0 Å². The number of nitrogens with one attached hydrogen (secondary N) is 1. The number of nitrogens with zero attached hydrogens (tertiary/aromatic N) is 1. The summed E-state index contributed by atoms with van der Waals surface area (Å²) in [6, 6.07) is 7.59. The zero-order valence-electron chi connectivity index (χ0n) is 12.3. The van der Waals surface area contributed by atoms with Gasteiger partial charge < -0.3 is 9.26 Å². The second kappa shape index (κ2) is 6.41. The van der Waals surface area contributed by atoms with E-state index >= 15 is 0 Å². The fraction of sp³-hybridized carbons (Fsp3) is 0.333. The van der Waals surface area contributed by atoms with Crippen LogP contribution in [-0.2, 0) is 6.61 Å². The number of amides is 1. The summed E-state index contributed by atoms with van der Waals surface area (Å²) in [4.78, 5) is 11.3. The van der Waals surface area contributed by atoms with E-state index in [1.54, 1.807) is 0 Å². The molecule has 0 spiro atoms. The number of aromatic nitrogens is 1. The van der Waals surface area contributed by atoms with Gasteiger partial charge in [0.25, 0.3) is 5.91 Å². The first-order valence-corrected chi connectivity index (χ1v) is 6.70. The third-order valence-corrected chi connectivity index (χ3v) is 3.04. The second-order valence-corrected chi connectivity index (χ2v) is 5.17. The molecule has 2 rings (SSSR count).